The van der Waals surface area contributed by atoms with Crippen LogP contribution in [0.1, 0.15) is 36.0 Å². The van der Waals surface area contributed by atoms with Gasteiger partial charge in [-0.1, -0.05) is 78.4 Å². The highest BCUT2D eigenvalue weighted by atomic mass is 32.2. The molecule has 3 N–H and O–H groups in total. The molecule has 0 saturated heterocycles. The average Bonchev–Trinajstić information content (AvgIpc) is 3.11. The molecule has 3 aromatic carbocycles. The number of hydrogen-bond acceptors (Lipinski definition) is 12. The van der Waals surface area contributed by atoms with E-state index >= 15 is 0 Å². The number of methoxy groups -OCH3 is 1. The van der Waals surface area contributed by atoms with Crippen LogP contribution < -0.4 is 15.4 Å². The minimum absolute atomic E-state index is 0.0173. The van der Waals surface area contributed by atoms with Gasteiger partial charge in [0.2, 0.25) is 29.6 Å². The minimum atomic E-state index is -4.03. The second kappa shape index (κ2) is 21.4. The van der Waals surface area contributed by atoms with Crippen molar-refractivity contribution in [3.05, 3.63) is 102 Å². The maximum atomic E-state index is 12.8. The van der Waals surface area contributed by atoms with Crippen molar-refractivity contribution in [2.75, 3.05) is 27.2 Å². The lowest BCUT2D eigenvalue weighted by molar-refractivity contribution is -0.152. The fourth-order valence-corrected chi connectivity index (χ4v) is 5.53. The fourth-order valence-electron chi connectivity index (χ4n) is 4.31. The zero-order valence-electron chi connectivity index (χ0n) is 28.6. The van der Waals surface area contributed by atoms with Crippen LogP contribution in [0.15, 0.2) is 94.8 Å². The summed E-state index contributed by atoms with van der Waals surface area (Å²) in [5, 5.41) is 4.90. The van der Waals surface area contributed by atoms with Crippen LogP contribution >= 0.6 is 0 Å². The molecule has 17 heteroatoms. The zero-order chi connectivity index (χ0) is 37.8. The Hall–Kier alpha value is -5.81. The lowest BCUT2D eigenvalue weighted by Gasteiger charge is -2.17. The number of esters is 3. The number of aliphatic imine (C=N–C) groups is 1. The molecule has 0 heterocycles. The summed E-state index contributed by atoms with van der Waals surface area (Å²) in [6.45, 7) is 0.377. The average molecular weight is 741 g/mol. The number of alkyl carbamates (subject to hydrolysis) is 1. The first kappa shape index (κ1) is 40.6. The van der Waals surface area contributed by atoms with Gasteiger partial charge in [0.1, 0.15) is 6.04 Å². The highest BCUT2D eigenvalue weighted by Crippen LogP contribution is 2.13. The summed E-state index contributed by atoms with van der Waals surface area (Å²) >= 11 is 0. The monoisotopic (exact) mass is 740 g/mol. The van der Waals surface area contributed by atoms with Gasteiger partial charge in [-0.2, -0.15) is 4.72 Å². The molecular weight excluding hydrogens is 700 g/mol. The molecule has 0 unspecified atom stereocenters. The Bertz CT molecular complexity index is 1770. The van der Waals surface area contributed by atoms with Gasteiger partial charge in [0, 0.05) is 6.54 Å². The number of sulfonamides is 1. The van der Waals surface area contributed by atoms with Crippen LogP contribution in [0, 0.1) is 6.92 Å². The van der Waals surface area contributed by atoms with Gasteiger partial charge in [0.15, 0.2) is 0 Å². The van der Waals surface area contributed by atoms with Gasteiger partial charge in [0.05, 0.1) is 24.8 Å². The Labute approximate surface area is 300 Å². The smallest absolute Gasteiger partial charge is 0.439 e. The molecule has 3 rings (SSSR count). The minimum Gasteiger partial charge on any atom is -0.468 e. The predicted octanol–water partition coefficient (Wildman–Crippen LogP) is 3.28. The summed E-state index contributed by atoms with van der Waals surface area (Å²) in [6.07, 6.45) is -1.86. The van der Waals surface area contributed by atoms with Gasteiger partial charge in [-0.05, 0) is 49.4 Å². The number of carbonyl (C=O) groups excluding carboxylic acids is 5. The van der Waals surface area contributed by atoms with Crippen LogP contribution in [0.3, 0.4) is 0 Å². The molecular formula is C35H40N4O12S. The topological polar surface area (TPSA) is 214 Å². The van der Waals surface area contributed by atoms with E-state index in [2.05, 4.69) is 20.3 Å². The summed E-state index contributed by atoms with van der Waals surface area (Å²) in [7, 11) is -2.90. The molecule has 0 aromatic heterocycles. The zero-order valence-corrected chi connectivity index (χ0v) is 29.4. The number of amides is 2. The Morgan fingerprint density at radius 1 is 0.731 bits per heavy atom. The number of aryl methyl sites for hydroxylation is 1. The SMILES string of the molecule is COC(=O)[C@H](CCCCN/C(=N\C(=O)OCOC(=O)Cc1ccccc1)NC(=O)OCOC(=O)Cc1ccccc1)NS(=O)(=O)c1ccc(C)cc1. The van der Waals surface area contributed by atoms with E-state index < -0.39 is 65.7 Å². The second-order valence-corrected chi connectivity index (χ2v) is 12.7. The van der Waals surface area contributed by atoms with E-state index in [0.717, 1.165) is 12.7 Å². The molecule has 16 nitrogen and oxygen atoms in total. The number of guanidine groups is 1. The predicted molar refractivity (Wildman–Crippen MR) is 185 cm³/mol. The summed E-state index contributed by atoms with van der Waals surface area (Å²) in [5.41, 5.74) is 2.25. The molecule has 0 aliphatic rings. The molecule has 0 radical (unpaired) electrons. The molecule has 3 aromatic rings. The number of carbonyl (C=O) groups is 5. The van der Waals surface area contributed by atoms with Crippen LogP contribution in [-0.4, -0.2) is 77.8 Å². The van der Waals surface area contributed by atoms with Crippen molar-refractivity contribution in [2.45, 2.75) is 50.0 Å². The van der Waals surface area contributed by atoms with Crippen LogP contribution in [0.25, 0.3) is 0 Å². The third kappa shape index (κ3) is 15.4. The Morgan fingerprint density at radius 3 is 1.85 bits per heavy atom. The van der Waals surface area contributed by atoms with E-state index in [1.54, 1.807) is 72.8 Å². The Morgan fingerprint density at radius 2 is 1.29 bits per heavy atom. The number of benzene rings is 3. The maximum absolute atomic E-state index is 12.8. The first-order chi connectivity index (χ1) is 24.9. The second-order valence-electron chi connectivity index (χ2n) is 11.0. The lowest BCUT2D eigenvalue weighted by atomic mass is 10.1. The Kier molecular flexibility index (Phi) is 16.7. The number of hydrogen-bond donors (Lipinski definition) is 3. The van der Waals surface area contributed by atoms with Crippen LogP contribution in [0.5, 0.6) is 0 Å². The third-order valence-electron chi connectivity index (χ3n) is 6.94. The van der Waals surface area contributed by atoms with Crippen molar-refractivity contribution in [2.24, 2.45) is 4.99 Å². The number of nitrogens with zero attached hydrogens (tertiary/aromatic N) is 1. The van der Waals surface area contributed by atoms with Gasteiger partial charge in [0.25, 0.3) is 0 Å². The van der Waals surface area contributed by atoms with Crippen molar-refractivity contribution in [3.8, 4) is 0 Å². The Balaban J connectivity index is 1.53. The summed E-state index contributed by atoms with van der Waals surface area (Å²) in [4.78, 5) is 64.9. The lowest BCUT2D eigenvalue weighted by Crippen LogP contribution is -2.43. The summed E-state index contributed by atoms with van der Waals surface area (Å²) < 4.78 is 52.4. The fraction of sp³-hybridized carbons (Fsp3) is 0.314. The first-order valence-electron chi connectivity index (χ1n) is 15.9. The van der Waals surface area contributed by atoms with Crippen molar-refractivity contribution in [3.63, 3.8) is 0 Å². The van der Waals surface area contributed by atoms with Crippen LogP contribution in [0.4, 0.5) is 9.59 Å². The van der Waals surface area contributed by atoms with E-state index in [0.29, 0.717) is 17.5 Å². The molecule has 0 saturated carbocycles. The number of unbranched alkanes of at least 4 members (excludes halogenated alkanes) is 1. The standard InChI is InChI=1S/C35H40N4O12S/c1-25-16-18-28(19-17-25)52(45,46)39-29(32(42)47-2)15-9-10-20-36-33(37-34(43)50-23-48-30(40)21-26-11-5-3-6-12-26)38-35(44)51-24-49-31(41)22-27-13-7-4-8-14-27/h3-8,11-14,16-19,29,39H,9-10,15,20-24H2,1-2H3,(H2,36,37,38,43,44)/t29-/m0/s1. The quantitative estimate of drug-likeness (QED) is 0.0453. The van der Waals surface area contributed by atoms with E-state index in [1.807, 2.05) is 6.92 Å². The van der Waals surface area contributed by atoms with E-state index in [1.165, 1.54) is 12.1 Å². The van der Waals surface area contributed by atoms with Gasteiger partial charge in [-0.25, -0.2) is 18.0 Å². The summed E-state index contributed by atoms with van der Waals surface area (Å²) in [5.74, 6) is -2.52. The first-order valence-corrected chi connectivity index (χ1v) is 17.4. The molecule has 0 aliphatic carbocycles. The highest BCUT2D eigenvalue weighted by Gasteiger charge is 2.26. The summed E-state index contributed by atoms with van der Waals surface area (Å²) in [6, 6.07) is 22.4. The van der Waals surface area contributed by atoms with Crippen molar-refractivity contribution < 1.29 is 56.1 Å². The van der Waals surface area contributed by atoms with Gasteiger partial charge >= 0.3 is 30.1 Å². The number of ether oxygens (including phenoxy) is 5. The molecule has 0 bridgehead atoms. The van der Waals surface area contributed by atoms with Gasteiger partial charge in [-0.3, -0.25) is 19.7 Å². The van der Waals surface area contributed by atoms with Crippen molar-refractivity contribution in [1.82, 2.24) is 15.4 Å². The van der Waals surface area contributed by atoms with Crippen molar-refractivity contribution >= 4 is 46.1 Å². The van der Waals surface area contributed by atoms with E-state index in [9.17, 15) is 32.4 Å². The molecule has 0 fully saturated rings. The van der Waals surface area contributed by atoms with Crippen molar-refractivity contribution in [1.29, 1.82) is 0 Å². The number of nitrogens with one attached hydrogen (secondary N) is 3. The van der Waals surface area contributed by atoms with E-state index in [-0.39, 0.29) is 37.1 Å². The molecule has 2 amide bonds. The number of rotatable bonds is 17. The third-order valence-corrected chi connectivity index (χ3v) is 8.43. The maximum Gasteiger partial charge on any atom is 0.439 e. The largest absolute Gasteiger partial charge is 0.468 e. The van der Waals surface area contributed by atoms with Crippen LogP contribution in [-0.2, 0) is 60.9 Å². The van der Waals surface area contributed by atoms with Gasteiger partial charge in [-0.15, -0.1) is 4.99 Å². The molecule has 52 heavy (non-hydrogen) atoms. The van der Waals surface area contributed by atoms with E-state index in [4.69, 9.17) is 23.7 Å². The molecule has 1 atom stereocenters. The molecule has 0 spiro atoms. The molecule has 278 valence electrons. The molecule has 0 aliphatic heterocycles. The van der Waals surface area contributed by atoms with Gasteiger partial charge < -0.3 is 29.0 Å². The highest BCUT2D eigenvalue weighted by molar-refractivity contribution is 7.89. The normalized spacial score (nSPS) is 11.8. The van der Waals surface area contributed by atoms with Crippen LogP contribution in [0.2, 0.25) is 0 Å².